The van der Waals surface area contributed by atoms with Crippen LogP contribution < -0.4 is 14.8 Å². The van der Waals surface area contributed by atoms with Crippen molar-refractivity contribution in [2.24, 2.45) is 0 Å². The van der Waals surface area contributed by atoms with Crippen LogP contribution >= 0.6 is 11.3 Å². The van der Waals surface area contributed by atoms with Crippen LogP contribution in [0.15, 0.2) is 61.2 Å². The Morgan fingerprint density at radius 2 is 1.87 bits per heavy atom. The van der Waals surface area contributed by atoms with Crippen LogP contribution in [0.3, 0.4) is 0 Å². The van der Waals surface area contributed by atoms with E-state index in [-0.39, 0.29) is 23.1 Å². The predicted octanol–water partition coefficient (Wildman–Crippen LogP) is 5.16. The Morgan fingerprint density at radius 1 is 1.19 bits per heavy atom. The summed E-state index contributed by atoms with van der Waals surface area (Å²) >= 11 is 1.21. The van der Waals surface area contributed by atoms with Crippen LogP contribution in [0.2, 0.25) is 0 Å². The van der Waals surface area contributed by atoms with Gasteiger partial charge in [0.25, 0.3) is 0 Å². The molecule has 6 nitrogen and oxygen atoms in total. The molecule has 3 aromatic rings. The number of fused-ring (bicyclic) bond motifs is 1. The molecule has 0 aliphatic carbocycles. The zero-order valence-electron chi connectivity index (χ0n) is 16.9. The van der Waals surface area contributed by atoms with Crippen molar-refractivity contribution in [3.8, 4) is 22.6 Å². The molecule has 158 valence electrons. The van der Waals surface area contributed by atoms with E-state index in [0.717, 1.165) is 10.4 Å². The highest BCUT2D eigenvalue weighted by atomic mass is 32.1. The summed E-state index contributed by atoms with van der Waals surface area (Å²) in [5.74, 6) is -0.0152. The molecule has 1 atom stereocenters. The summed E-state index contributed by atoms with van der Waals surface area (Å²) in [6, 6.07) is 14.7. The molecule has 0 spiro atoms. The molecule has 31 heavy (non-hydrogen) atoms. The average Bonchev–Trinajstić information content (AvgIpc) is 3.17. The van der Waals surface area contributed by atoms with Gasteiger partial charge in [-0.1, -0.05) is 36.9 Å². The molecule has 0 fully saturated rings. The number of carbonyl (C=O) groups excluding carboxylic acids is 1. The third kappa shape index (κ3) is 4.04. The molecule has 0 saturated carbocycles. The lowest BCUT2D eigenvalue weighted by molar-refractivity contribution is -0.116. The number of rotatable bonds is 7. The molecule has 1 aliphatic heterocycles. The van der Waals surface area contributed by atoms with Gasteiger partial charge < -0.3 is 19.9 Å². The minimum Gasteiger partial charge on any atom is -0.497 e. The number of aromatic carboxylic acids is 1. The van der Waals surface area contributed by atoms with Crippen molar-refractivity contribution in [2.45, 2.75) is 12.3 Å². The second-order valence-corrected chi connectivity index (χ2v) is 8.10. The highest BCUT2D eigenvalue weighted by molar-refractivity contribution is 7.15. The van der Waals surface area contributed by atoms with E-state index in [4.69, 9.17) is 9.47 Å². The number of carboxylic acids is 1. The summed E-state index contributed by atoms with van der Waals surface area (Å²) in [5, 5.41) is 12.8. The molecule has 0 radical (unpaired) electrons. The number of methoxy groups -OCH3 is 1. The van der Waals surface area contributed by atoms with Gasteiger partial charge >= 0.3 is 5.97 Å². The number of thiophene rings is 1. The van der Waals surface area contributed by atoms with Gasteiger partial charge in [-0.25, -0.2) is 4.79 Å². The first-order chi connectivity index (χ1) is 15.0. The van der Waals surface area contributed by atoms with E-state index in [0.29, 0.717) is 34.9 Å². The quantitative estimate of drug-likeness (QED) is 0.501. The van der Waals surface area contributed by atoms with Crippen LogP contribution in [0.1, 0.15) is 32.5 Å². The first kappa shape index (κ1) is 20.7. The average molecular weight is 436 g/mol. The van der Waals surface area contributed by atoms with Gasteiger partial charge in [0, 0.05) is 22.8 Å². The van der Waals surface area contributed by atoms with Gasteiger partial charge in [-0.2, -0.15) is 0 Å². The Morgan fingerprint density at radius 3 is 2.48 bits per heavy atom. The fraction of sp³-hybridized carbons (Fsp3) is 0.167. The molecule has 2 aromatic carbocycles. The lowest BCUT2D eigenvalue weighted by atomic mass is 9.88. The van der Waals surface area contributed by atoms with Gasteiger partial charge in [0.2, 0.25) is 5.91 Å². The maximum atomic E-state index is 12.6. The summed E-state index contributed by atoms with van der Waals surface area (Å²) < 4.78 is 10.7. The minimum absolute atomic E-state index is 0.144. The molecule has 1 aliphatic rings. The Bertz CT molecular complexity index is 1130. The van der Waals surface area contributed by atoms with Crippen LogP contribution in [0.25, 0.3) is 11.1 Å². The molecule has 1 aromatic heterocycles. The fourth-order valence-electron chi connectivity index (χ4n) is 3.69. The fourth-order valence-corrected chi connectivity index (χ4v) is 4.94. The van der Waals surface area contributed by atoms with E-state index >= 15 is 0 Å². The Kier molecular flexibility index (Phi) is 5.77. The van der Waals surface area contributed by atoms with E-state index in [1.807, 2.05) is 24.3 Å². The van der Waals surface area contributed by atoms with Crippen LogP contribution in [0, 0.1) is 0 Å². The van der Waals surface area contributed by atoms with Crippen LogP contribution in [-0.4, -0.2) is 30.7 Å². The summed E-state index contributed by atoms with van der Waals surface area (Å²) in [4.78, 5) is 25.7. The first-order valence-electron chi connectivity index (χ1n) is 9.69. The zero-order valence-corrected chi connectivity index (χ0v) is 17.7. The second kappa shape index (κ2) is 8.65. The van der Waals surface area contributed by atoms with Gasteiger partial charge in [-0.3, -0.25) is 4.79 Å². The van der Waals surface area contributed by atoms with E-state index in [9.17, 15) is 14.7 Å². The lowest BCUT2D eigenvalue weighted by Crippen LogP contribution is -2.22. The molecule has 1 amide bonds. The van der Waals surface area contributed by atoms with Gasteiger partial charge in [0.15, 0.2) is 0 Å². The van der Waals surface area contributed by atoms with Crippen molar-refractivity contribution in [3.05, 3.63) is 76.5 Å². The molecular formula is C24H21NO5S. The van der Waals surface area contributed by atoms with E-state index in [1.165, 1.54) is 11.3 Å². The third-order valence-corrected chi connectivity index (χ3v) is 6.42. The van der Waals surface area contributed by atoms with E-state index in [2.05, 4.69) is 11.9 Å². The maximum Gasteiger partial charge on any atom is 0.346 e. The van der Waals surface area contributed by atoms with E-state index < -0.39 is 5.97 Å². The number of hydrogen-bond acceptors (Lipinski definition) is 5. The number of carboxylic acid groups (broad SMARTS) is 1. The molecule has 0 unspecified atom stereocenters. The number of anilines is 1. The molecule has 2 heterocycles. The van der Waals surface area contributed by atoms with Crippen molar-refractivity contribution in [1.29, 1.82) is 0 Å². The lowest BCUT2D eigenvalue weighted by Gasteiger charge is -2.24. The Balaban J connectivity index is 1.79. The van der Waals surface area contributed by atoms with Crippen molar-refractivity contribution < 1.29 is 24.2 Å². The summed E-state index contributed by atoms with van der Waals surface area (Å²) in [5.41, 5.74) is 2.74. The van der Waals surface area contributed by atoms with Crippen LogP contribution in [-0.2, 0) is 4.79 Å². The monoisotopic (exact) mass is 435 g/mol. The van der Waals surface area contributed by atoms with Gasteiger partial charge in [-0.15, -0.1) is 11.3 Å². The zero-order chi connectivity index (χ0) is 22.0. The first-order valence-corrected chi connectivity index (χ1v) is 10.5. The second-order valence-electron chi connectivity index (χ2n) is 7.05. The molecular weight excluding hydrogens is 414 g/mol. The molecule has 0 saturated heterocycles. The molecule has 7 heteroatoms. The van der Waals surface area contributed by atoms with Crippen LogP contribution in [0.4, 0.5) is 5.69 Å². The van der Waals surface area contributed by atoms with E-state index in [1.54, 1.807) is 37.5 Å². The van der Waals surface area contributed by atoms with Crippen molar-refractivity contribution >= 4 is 28.9 Å². The summed E-state index contributed by atoms with van der Waals surface area (Å²) in [7, 11) is 1.57. The molecule has 2 N–H and O–H groups in total. The normalized spacial score (nSPS) is 15.0. The number of hydrogen-bond donors (Lipinski definition) is 2. The molecule has 4 rings (SSSR count). The summed E-state index contributed by atoms with van der Waals surface area (Å²) in [6.45, 7) is 4.05. The largest absolute Gasteiger partial charge is 0.497 e. The van der Waals surface area contributed by atoms with Crippen molar-refractivity contribution in [1.82, 2.24) is 0 Å². The van der Waals surface area contributed by atoms with Gasteiger partial charge in [0.05, 0.1) is 12.8 Å². The smallest absolute Gasteiger partial charge is 0.346 e. The molecule has 0 bridgehead atoms. The number of carbonyl (C=O) groups is 2. The topological polar surface area (TPSA) is 84.9 Å². The number of benzene rings is 2. The van der Waals surface area contributed by atoms with Crippen molar-refractivity contribution in [3.63, 3.8) is 0 Å². The van der Waals surface area contributed by atoms with Gasteiger partial charge in [-0.05, 0) is 35.4 Å². The number of nitrogens with one attached hydrogen (secondary N) is 1. The third-order valence-electron chi connectivity index (χ3n) is 5.13. The number of amides is 1. The Hall–Kier alpha value is -3.58. The SMILES string of the molecule is C=CCOc1ccc([C@@H]2CC(=O)Nc3c2sc(C(=O)O)c3-c2ccc(OC)cc2)cc1. The minimum atomic E-state index is -1.02. The van der Waals surface area contributed by atoms with Gasteiger partial charge in [0.1, 0.15) is 23.0 Å². The number of ether oxygens (including phenoxy) is 2. The highest BCUT2D eigenvalue weighted by Gasteiger charge is 2.34. The highest BCUT2D eigenvalue weighted by Crippen LogP contribution is 2.49. The standard InChI is InChI=1S/C24H21NO5S/c1-3-12-30-17-10-4-14(5-11-17)18-13-19(26)25-21-20(23(24(27)28)31-22(18)21)15-6-8-16(29-2)9-7-15/h3-11,18H,1,12-13H2,2H3,(H,25,26)(H,27,28)/t18-/m0/s1. The predicted molar refractivity (Wildman–Crippen MR) is 120 cm³/mol. The maximum absolute atomic E-state index is 12.6. The Labute approximate surface area is 183 Å². The van der Waals surface area contributed by atoms with Crippen LogP contribution in [0.5, 0.6) is 11.5 Å². The van der Waals surface area contributed by atoms with Crippen molar-refractivity contribution in [2.75, 3.05) is 19.0 Å². The summed E-state index contributed by atoms with van der Waals surface area (Å²) in [6.07, 6.45) is 1.92.